The van der Waals surface area contributed by atoms with E-state index >= 15 is 0 Å². The second-order valence-corrected chi connectivity index (χ2v) is 10.1. The quantitative estimate of drug-likeness (QED) is 0.571. The van der Waals surface area contributed by atoms with Crippen LogP contribution >= 0.6 is 23.2 Å². The van der Waals surface area contributed by atoms with Gasteiger partial charge in [0, 0.05) is 35.6 Å². The minimum Gasteiger partial charge on any atom is -0.496 e. The van der Waals surface area contributed by atoms with E-state index < -0.39 is 29.0 Å². The first kappa shape index (κ1) is 23.9. The zero-order valence-corrected chi connectivity index (χ0v) is 21.5. The van der Waals surface area contributed by atoms with Crippen molar-refractivity contribution in [2.24, 2.45) is 5.92 Å². The summed E-state index contributed by atoms with van der Waals surface area (Å²) in [4.78, 5) is 41.1. The fourth-order valence-electron chi connectivity index (χ4n) is 5.66. The van der Waals surface area contributed by atoms with Gasteiger partial charge in [-0.15, -0.1) is 0 Å². The molecule has 9 nitrogen and oxygen atoms in total. The number of nitrogens with one attached hydrogen (secondary N) is 1. The molecule has 0 radical (unpaired) electrons. The van der Waals surface area contributed by atoms with Gasteiger partial charge in [0.15, 0.2) is 17.2 Å². The van der Waals surface area contributed by atoms with Gasteiger partial charge in [-0.05, 0) is 24.1 Å². The van der Waals surface area contributed by atoms with Crippen molar-refractivity contribution in [2.45, 2.75) is 31.3 Å². The van der Waals surface area contributed by atoms with Crippen LogP contribution in [0.2, 0.25) is 10.0 Å². The van der Waals surface area contributed by atoms with Crippen LogP contribution in [0.5, 0.6) is 28.7 Å². The van der Waals surface area contributed by atoms with Crippen LogP contribution in [0.4, 0.5) is 0 Å². The third-order valence-corrected chi connectivity index (χ3v) is 8.05. The average molecular weight is 546 g/mol. The molecule has 2 aromatic rings. The molecule has 192 valence electrons. The minimum atomic E-state index is -1.88. The van der Waals surface area contributed by atoms with Crippen LogP contribution in [0.1, 0.15) is 41.6 Å². The van der Waals surface area contributed by atoms with Gasteiger partial charge in [-0.25, -0.2) is 0 Å². The number of Topliss-reactive ketones (excluding diaryl/α,β-unsaturated/α-hetero) is 2. The van der Waals surface area contributed by atoms with Crippen LogP contribution in [0.25, 0.3) is 0 Å². The number of methoxy groups -OCH3 is 2. The Balaban J connectivity index is 1.50. The van der Waals surface area contributed by atoms with E-state index in [0.717, 1.165) is 0 Å². The number of benzene rings is 2. The van der Waals surface area contributed by atoms with Gasteiger partial charge in [0.2, 0.25) is 29.9 Å². The Bertz CT molecular complexity index is 1450. The summed E-state index contributed by atoms with van der Waals surface area (Å²) in [6.45, 7) is 1.75. The summed E-state index contributed by atoms with van der Waals surface area (Å²) in [5.74, 6) is -1.34. The van der Waals surface area contributed by atoms with Crippen molar-refractivity contribution in [3.8, 4) is 28.7 Å². The van der Waals surface area contributed by atoms with Crippen LogP contribution in [-0.2, 0) is 9.59 Å². The van der Waals surface area contributed by atoms with E-state index in [9.17, 15) is 14.4 Å². The maximum Gasteiger partial charge on any atom is 0.236 e. The third-order valence-electron chi connectivity index (χ3n) is 7.41. The van der Waals surface area contributed by atoms with E-state index in [1.165, 1.54) is 20.3 Å². The third kappa shape index (κ3) is 3.20. The van der Waals surface area contributed by atoms with Crippen molar-refractivity contribution >= 4 is 40.7 Å². The Morgan fingerprint density at radius 3 is 2.46 bits per heavy atom. The summed E-state index contributed by atoms with van der Waals surface area (Å²) in [5.41, 5.74) is -0.461. The molecule has 3 atom stereocenters. The highest BCUT2D eigenvalue weighted by atomic mass is 35.5. The van der Waals surface area contributed by atoms with Gasteiger partial charge in [-0.2, -0.15) is 0 Å². The van der Waals surface area contributed by atoms with E-state index in [1.54, 1.807) is 19.1 Å². The lowest BCUT2D eigenvalue weighted by Crippen LogP contribution is -2.59. The van der Waals surface area contributed by atoms with Crippen molar-refractivity contribution in [1.82, 2.24) is 5.32 Å². The Morgan fingerprint density at radius 1 is 0.973 bits per heavy atom. The number of rotatable bonds is 3. The molecule has 3 aliphatic heterocycles. The standard InChI is InChI=1S/C26H21Cl2NO8/c1-10-4-14-19(12(7-18(30)29-14)11-5-13(27)22-17(6-11)35-9-36-22)24(31)26(10)25(32)20-15(33-2)8-16(34-3)21(28)23(20)37-26/h5-6,8,10,12H,4,7,9H2,1-3H3,(H,29,30)/t10-,12+,26+/m1/s1. The Kier molecular flexibility index (Phi) is 5.36. The van der Waals surface area contributed by atoms with Gasteiger partial charge >= 0.3 is 0 Å². The molecule has 6 rings (SSSR count). The van der Waals surface area contributed by atoms with Crippen molar-refractivity contribution in [3.63, 3.8) is 0 Å². The van der Waals surface area contributed by atoms with Gasteiger partial charge < -0.3 is 29.0 Å². The van der Waals surface area contributed by atoms with Crippen LogP contribution in [0.15, 0.2) is 29.5 Å². The first-order valence-corrected chi connectivity index (χ1v) is 12.3. The molecule has 2 aromatic carbocycles. The summed E-state index contributed by atoms with van der Waals surface area (Å²) in [6.07, 6.45) is 0.197. The number of amides is 1. The molecule has 1 aliphatic carbocycles. The molecule has 0 fully saturated rings. The predicted octanol–water partition coefficient (Wildman–Crippen LogP) is 4.22. The highest BCUT2D eigenvalue weighted by Crippen LogP contribution is 2.55. The Labute approximate surface area is 221 Å². The molecule has 0 bridgehead atoms. The van der Waals surface area contributed by atoms with Crippen molar-refractivity contribution < 1.29 is 38.1 Å². The van der Waals surface area contributed by atoms with Gasteiger partial charge in [0.25, 0.3) is 0 Å². The number of ether oxygens (including phenoxy) is 5. The number of hydrogen-bond donors (Lipinski definition) is 1. The number of carbonyl (C=O) groups excluding carboxylic acids is 3. The van der Waals surface area contributed by atoms with Crippen LogP contribution in [-0.4, -0.2) is 44.1 Å². The second-order valence-electron chi connectivity index (χ2n) is 9.33. The monoisotopic (exact) mass is 545 g/mol. The first-order valence-electron chi connectivity index (χ1n) is 11.6. The maximum absolute atomic E-state index is 14.4. The molecule has 11 heteroatoms. The molecule has 1 amide bonds. The van der Waals surface area contributed by atoms with Gasteiger partial charge in [-0.3, -0.25) is 14.4 Å². The number of allylic oxidation sites excluding steroid dienone is 1. The summed E-state index contributed by atoms with van der Waals surface area (Å²) in [5, 5.41) is 3.20. The summed E-state index contributed by atoms with van der Waals surface area (Å²) in [7, 11) is 2.83. The molecule has 1 spiro atoms. The molecule has 3 heterocycles. The predicted molar refractivity (Wildman–Crippen MR) is 131 cm³/mol. The zero-order chi connectivity index (χ0) is 26.2. The van der Waals surface area contributed by atoms with Crippen LogP contribution < -0.4 is 29.0 Å². The van der Waals surface area contributed by atoms with Crippen molar-refractivity contribution in [2.75, 3.05) is 21.0 Å². The first-order chi connectivity index (χ1) is 17.7. The molecule has 1 N–H and O–H groups in total. The molecular formula is C26H21Cl2NO8. The number of ketones is 2. The topological polar surface area (TPSA) is 109 Å². The normalized spacial score (nSPS) is 25.6. The SMILES string of the molecule is COc1cc(OC)c2c(c1Cl)O[C@@]1(C(=O)C3=C(C[C@H]1C)NC(=O)C[C@H]3c1cc(Cl)c3c(c1)OCO3)C2=O. The molecule has 4 aliphatic rings. The highest BCUT2D eigenvalue weighted by Gasteiger charge is 2.63. The lowest BCUT2D eigenvalue weighted by Gasteiger charge is -2.41. The fraction of sp³-hybridized carbons (Fsp3) is 0.346. The molecule has 37 heavy (non-hydrogen) atoms. The molecule has 0 unspecified atom stereocenters. The second kappa shape index (κ2) is 8.29. The van der Waals surface area contributed by atoms with E-state index in [4.69, 9.17) is 46.9 Å². The molecule has 0 saturated carbocycles. The van der Waals surface area contributed by atoms with E-state index in [-0.39, 0.29) is 58.9 Å². The fourth-order valence-corrected chi connectivity index (χ4v) is 6.20. The van der Waals surface area contributed by atoms with E-state index in [2.05, 4.69) is 5.32 Å². The number of hydrogen-bond acceptors (Lipinski definition) is 8. The lowest BCUT2D eigenvalue weighted by molar-refractivity contribution is -0.131. The Hall–Kier alpha value is -3.43. The van der Waals surface area contributed by atoms with Gasteiger partial charge in [-0.1, -0.05) is 30.1 Å². The zero-order valence-electron chi connectivity index (χ0n) is 20.0. The summed E-state index contributed by atoms with van der Waals surface area (Å²) >= 11 is 12.9. The summed E-state index contributed by atoms with van der Waals surface area (Å²) in [6, 6.07) is 4.84. The molecule has 0 saturated heterocycles. The molecular weight excluding hydrogens is 525 g/mol. The van der Waals surface area contributed by atoms with E-state index in [1.807, 2.05) is 0 Å². The minimum absolute atomic E-state index is 0.0177. The van der Waals surface area contributed by atoms with Gasteiger partial charge in [0.05, 0.1) is 19.2 Å². The smallest absolute Gasteiger partial charge is 0.236 e. The maximum atomic E-state index is 14.4. The van der Waals surface area contributed by atoms with E-state index in [0.29, 0.717) is 27.8 Å². The largest absolute Gasteiger partial charge is 0.496 e. The highest BCUT2D eigenvalue weighted by molar-refractivity contribution is 6.36. The number of halogens is 2. The average Bonchev–Trinajstić information content (AvgIpc) is 3.47. The van der Waals surface area contributed by atoms with Crippen molar-refractivity contribution in [3.05, 3.63) is 50.6 Å². The Morgan fingerprint density at radius 2 is 1.73 bits per heavy atom. The van der Waals surface area contributed by atoms with Crippen molar-refractivity contribution in [1.29, 1.82) is 0 Å². The van der Waals surface area contributed by atoms with Crippen LogP contribution in [0.3, 0.4) is 0 Å². The molecule has 0 aromatic heterocycles. The van der Waals surface area contributed by atoms with Gasteiger partial charge in [0.1, 0.15) is 22.1 Å². The summed E-state index contributed by atoms with van der Waals surface area (Å²) < 4.78 is 27.9. The lowest BCUT2D eigenvalue weighted by atomic mass is 9.66. The van der Waals surface area contributed by atoms with Crippen LogP contribution in [0, 0.1) is 5.92 Å². The number of fused-ring (bicyclic) bond motifs is 2. The number of carbonyl (C=O) groups is 3.